The van der Waals surface area contributed by atoms with Gasteiger partial charge in [-0.05, 0) is 43.6 Å². The fourth-order valence-corrected chi connectivity index (χ4v) is 4.32. The van der Waals surface area contributed by atoms with Gasteiger partial charge >= 0.3 is 0 Å². The SMILES string of the molecule is CCNC(=NCC(C)Cc1cccs1)NCCc1nnc2n1CCCCC2.I. The highest BCUT2D eigenvalue weighted by Gasteiger charge is 2.14. The van der Waals surface area contributed by atoms with Crippen molar-refractivity contribution in [3.8, 4) is 0 Å². The van der Waals surface area contributed by atoms with Crippen LogP contribution in [0.5, 0.6) is 0 Å². The Bertz CT molecular complexity index is 712. The van der Waals surface area contributed by atoms with Crippen molar-refractivity contribution in [2.45, 2.75) is 58.9 Å². The Labute approximate surface area is 189 Å². The zero-order valence-electron chi connectivity index (χ0n) is 17.0. The summed E-state index contributed by atoms with van der Waals surface area (Å²) in [6.45, 7) is 7.94. The molecule has 1 aliphatic rings. The van der Waals surface area contributed by atoms with E-state index in [4.69, 9.17) is 4.99 Å². The first-order valence-electron chi connectivity index (χ1n) is 10.2. The molecule has 0 bridgehead atoms. The van der Waals surface area contributed by atoms with Crippen LogP contribution in [0, 0.1) is 5.92 Å². The number of rotatable bonds is 8. The van der Waals surface area contributed by atoms with Gasteiger partial charge < -0.3 is 15.2 Å². The number of nitrogens with one attached hydrogen (secondary N) is 2. The summed E-state index contributed by atoms with van der Waals surface area (Å²) < 4.78 is 2.32. The monoisotopic (exact) mass is 516 g/mol. The number of aliphatic imine (C=N–C) groups is 1. The smallest absolute Gasteiger partial charge is 0.191 e. The lowest BCUT2D eigenvalue weighted by Crippen LogP contribution is -2.39. The Kier molecular flexibility index (Phi) is 10.3. The van der Waals surface area contributed by atoms with Crippen LogP contribution < -0.4 is 10.6 Å². The van der Waals surface area contributed by atoms with Gasteiger partial charge in [-0.1, -0.05) is 19.4 Å². The van der Waals surface area contributed by atoms with E-state index in [0.717, 1.165) is 63.0 Å². The molecule has 0 radical (unpaired) electrons. The summed E-state index contributed by atoms with van der Waals surface area (Å²) in [4.78, 5) is 6.20. The van der Waals surface area contributed by atoms with Gasteiger partial charge in [0.15, 0.2) is 5.96 Å². The lowest BCUT2D eigenvalue weighted by atomic mass is 10.1. The second kappa shape index (κ2) is 12.4. The third-order valence-electron chi connectivity index (χ3n) is 4.86. The lowest BCUT2D eigenvalue weighted by Gasteiger charge is -2.13. The van der Waals surface area contributed by atoms with Gasteiger partial charge in [0.25, 0.3) is 0 Å². The minimum Gasteiger partial charge on any atom is -0.357 e. The van der Waals surface area contributed by atoms with Gasteiger partial charge in [-0.15, -0.1) is 45.5 Å². The number of halogens is 1. The Morgan fingerprint density at radius 3 is 2.96 bits per heavy atom. The molecule has 2 aromatic heterocycles. The van der Waals surface area contributed by atoms with Crippen LogP contribution in [0.2, 0.25) is 0 Å². The predicted molar refractivity (Wildman–Crippen MR) is 128 cm³/mol. The van der Waals surface area contributed by atoms with E-state index in [1.54, 1.807) is 0 Å². The summed E-state index contributed by atoms with van der Waals surface area (Å²) in [5.74, 6) is 3.68. The minimum atomic E-state index is 0. The Hall–Kier alpha value is -1.16. The van der Waals surface area contributed by atoms with E-state index >= 15 is 0 Å². The molecule has 0 spiro atoms. The molecule has 0 saturated carbocycles. The van der Waals surface area contributed by atoms with Crippen LogP contribution in [0.4, 0.5) is 0 Å². The number of fused-ring (bicyclic) bond motifs is 1. The predicted octanol–water partition coefficient (Wildman–Crippen LogP) is 3.66. The van der Waals surface area contributed by atoms with E-state index in [-0.39, 0.29) is 24.0 Å². The van der Waals surface area contributed by atoms with Gasteiger partial charge in [-0.25, -0.2) is 0 Å². The summed E-state index contributed by atoms with van der Waals surface area (Å²) in [5.41, 5.74) is 0. The van der Waals surface area contributed by atoms with Crippen molar-refractivity contribution in [1.82, 2.24) is 25.4 Å². The molecule has 8 heteroatoms. The topological polar surface area (TPSA) is 67.1 Å². The van der Waals surface area contributed by atoms with E-state index in [9.17, 15) is 0 Å². The van der Waals surface area contributed by atoms with Crippen molar-refractivity contribution in [3.63, 3.8) is 0 Å². The van der Waals surface area contributed by atoms with Gasteiger partial charge in [0.1, 0.15) is 11.6 Å². The van der Waals surface area contributed by atoms with Crippen LogP contribution in [-0.2, 0) is 25.8 Å². The second-order valence-electron chi connectivity index (χ2n) is 7.28. The zero-order valence-corrected chi connectivity index (χ0v) is 20.1. The largest absolute Gasteiger partial charge is 0.357 e. The number of aromatic nitrogens is 3. The summed E-state index contributed by atoms with van der Waals surface area (Å²) in [5, 5.41) is 17.7. The number of aryl methyl sites for hydroxylation is 1. The highest BCUT2D eigenvalue weighted by atomic mass is 127. The van der Waals surface area contributed by atoms with Crippen molar-refractivity contribution in [2.75, 3.05) is 19.6 Å². The molecule has 6 nitrogen and oxygen atoms in total. The maximum atomic E-state index is 4.77. The van der Waals surface area contributed by atoms with Crippen LogP contribution in [-0.4, -0.2) is 40.4 Å². The standard InChI is InChI=1S/C20H32N6S.HI/c1-3-21-20(23-15-16(2)14-17-8-7-13-27-17)22-11-10-19-25-24-18-9-5-4-6-12-26(18)19;/h7-8,13,16H,3-6,9-12,14-15H2,1-2H3,(H2,21,22,23);1H. The Morgan fingerprint density at radius 2 is 2.18 bits per heavy atom. The molecule has 0 saturated heterocycles. The van der Waals surface area contributed by atoms with Crippen molar-refractivity contribution in [3.05, 3.63) is 34.0 Å². The second-order valence-corrected chi connectivity index (χ2v) is 8.31. The van der Waals surface area contributed by atoms with Gasteiger partial charge in [0.05, 0.1) is 0 Å². The van der Waals surface area contributed by atoms with Crippen LogP contribution in [0.3, 0.4) is 0 Å². The Balaban J connectivity index is 0.00000280. The summed E-state index contributed by atoms with van der Waals surface area (Å²) in [6.07, 6.45) is 6.79. The third kappa shape index (κ3) is 7.02. The van der Waals surface area contributed by atoms with Crippen LogP contribution >= 0.6 is 35.3 Å². The minimum absolute atomic E-state index is 0. The number of hydrogen-bond donors (Lipinski definition) is 2. The molecule has 0 fully saturated rings. The van der Waals surface area contributed by atoms with E-state index < -0.39 is 0 Å². The van der Waals surface area contributed by atoms with Gasteiger partial charge in [0.2, 0.25) is 0 Å². The maximum Gasteiger partial charge on any atom is 0.191 e. The number of thiophene rings is 1. The number of hydrogen-bond acceptors (Lipinski definition) is 4. The number of nitrogens with zero attached hydrogens (tertiary/aromatic N) is 4. The molecule has 156 valence electrons. The van der Waals surface area contributed by atoms with Crippen molar-refractivity contribution in [1.29, 1.82) is 0 Å². The van der Waals surface area contributed by atoms with Gasteiger partial charge in [0, 0.05) is 43.9 Å². The normalized spacial score (nSPS) is 15.3. The fourth-order valence-electron chi connectivity index (χ4n) is 3.45. The number of guanidine groups is 1. The highest BCUT2D eigenvalue weighted by molar-refractivity contribution is 14.0. The van der Waals surface area contributed by atoms with Crippen LogP contribution in [0.25, 0.3) is 0 Å². The lowest BCUT2D eigenvalue weighted by molar-refractivity contribution is 0.590. The molecule has 1 atom stereocenters. The van der Waals surface area contributed by atoms with E-state index in [1.807, 2.05) is 11.3 Å². The summed E-state index contributed by atoms with van der Waals surface area (Å²) in [7, 11) is 0. The zero-order chi connectivity index (χ0) is 18.9. The molecule has 1 aliphatic heterocycles. The molecule has 3 heterocycles. The van der Waals surface area contributed by atoms with Crippen molar-refractivity contribution in [2.24, 2.45) is 10.9 Å². The first-order chi connectivity index (χ1) is 13.3. The molecule has 2 N–H and O–H groups in total. The maximum absolute atomic E-state index is 4.77. The quantitative estimate of drug-likeness (QED) is 0.319. The average Bonchev–Trinajstić information content (AvgIpc) is 3.24. The average molecular weight is 516 g/mol. The first-order valence-corrected chi connectivity index (χ1v) is 11.1. The molecule has 2 aromatic rings. The molecule has 1 unspecified atom stereocenters. The molecular weight excluding hydrogens is 483 g/mol. The van der Waals surface area contributed by atoms with Crippen molar-refractivity contribution >= 4 is 41.3 Å². The third-order valence-corrected chi connectivity index (χ3v) is 5.76. The molecule has 0 aliphatic carbocycles. The summed E-state index contributed by atoms with van der Waals surface area (Å²) >= 11 is 1.83. The molecule has 3 rings (SSSR count). The van der Waals surface area contributed by atoms with Crippen LogP contribution in [0.15, 0.2) is 22.5 Å². The van der Waals surface area contributed by atoms with Crippen molar-refractivity contribution < 1.29 is 0 Å². The highest BCUT2D eigenvalue weighted by Crippen LogP contribution is 2.15. The van der Waals surface area contributed by atoms with Gasteiger partial charge in [-0.3, -0.25) is 4.99 Å². The van der Waals surface area contributed by atoms with E-state index in [0.29, 0.717) is 5.92 Å². The molecular formula is C20H33IN6S. The van der Waals surface area contributed by atoms with Gasteiger partial charge in [-0.2, -0.15) is 0 Å². The first kappa shape index (κ1) is 23.1. The van der Waals surface area contributed by atoms with E-state index in [2.05, 4.69) is 56.8 Å². The summed E-state index contributed by atoms with van der Waals surface area (Å²) in [6, 6.07) is 4.32. The fraction of sp³-hybridized carbons (Fsp3) is 0.650. The molecule has 28 heavy (non-hydrogen) atoms. The molecule has 0 amide bonds. The molecule has 0 aromatic carbocycles. The Morgan fingerprint density at radius 1 is 1.29 bits per heavy atom. The van der Waals surface area contributed by atoms with Crippen LogP contribution in [0.1, 0.15) is 49.6 Å². The van der Waals surface area contributed by atoms with E-state index in [1.165, 1.54) is 24.1 Å².